The molecule has 1 unspecified atom stereocenters. The summed E-state index contributed by atoms with van der Waals surface area (Å²) >= 11 is 0. The van der Waals surface area contributed by atoms with Crippen LogP contribution >= 0.6 is 0 Å². The van der Waals surface area contributed by atoms with Gasteiger partial charge in [-0.15, -0.1) is 0 Å². The number of carbonyl (C=O) groups excluding carboxylic acids is 1. The lowest BCUT2D eigenvalue weighted by Crippen LogP contribution is -2.16. The number of hydrogen-bond donors (Lipinski definition) is 1. The number of halogens is 3. The number of primary amides is 1. The van der Waals surface area contributed by atoms with E-state index in [2.05, 4.69) is 0 Å². The Bertz CT molecular complexity index is 606. The van der Waals surface area contributed by atoms with Gasteiger partial charge in [-0.05, 0) is 23.3 Å². The molecular formula is C16H14F3NO. The van der Waals surface area contributed by atoms with Crippen molar-refractivity contribution in [2.24, 2.45) is 5.73 Å². The van der Waals surface area contributed by atoms with Crippen LogP contribution < -0.4 is 5.73 Å². The van der Waals surface area contributed by atoms with E-state index in [9.17, 15) is 18.0 Å². The van der Waals surface area contributed by atoms with Crippen LogP contribution in [0.3, 0.4) is 0 Å². The predicted octanol–water partition coefficient (Wildman–Crippen LogP) is 3.71. The Kier molecular flexibility index (Phi) is 4.31. The summed E-state index contributed by atoms with van der Waals surface area (Å²) in [6, 6.07) is 13.9. The maximum atomic E-state index is 12.6. The molecule has 0 bridgehead atoms. The molecule has 1 atom stereocenters. The summed E-state index contributed by atoms with van der Waals surface area (Å²) in [5.41, 5.74) is 6.01. The second-order valence-corrected chi connectivity index (χ2v) is 4.75. The maximum Gasteiger partial charge on any atom is 0.416 e. The zero-order chi connectivity index (χ0) is 15.5. The minimum absolute atomic E-state index is 0.0510. The van der Waals surface area contributed by atoms with Crippen LogP contribution in [-0.4, -0.2) is 5.91 Å². The molecule has 1 amide bonds. The molecule has 0 spiro atoms. The van der Waals surface area contributed by atoms with Crippen molar-refractivity contribution in [3.8, 4) is 0 Å². The van der Waals surface area contributed by atoms with Crippen molar-refractivity contribution < 1.29 is 18.0 Å². The highest BCUT2D eigenvalue weighted by molar-refractivity contribution is 5.75. The first-order valence-electron chi connectivity index (χ1n) is 6.38. The van der Waals surface area contributed by atoms with Crippen molar-refractivity contribution in [2.45, 2.75) is 18.5 Å². The molecule has 2 aromatic rings. The first kappa shape index (κ1) is 15.1. The van der Waals surface area contributed by atoms with Crippen molar-refractivity contribution in [1.82, 2.24) is 0 Å². The molecule has 0 aliphatic rings. The van der Waals surface area contributed by atoms with Gasteiger partial charge in [0.25, 0.3) is 0 Å². The van der Waals surface area contributed by atoms with E-state index in [-0.39, 0.29) is 12.3 Å². The third-order valence-electron chi connectivity index (χ3n) is 3.25. The molecule has 0 saturated carbocycles. The first-order valence-corrected chi connectivity index (χ1v) is 6.38. The summed E-state index contributed by atoms with van der Waals surface area (Å²) in [5.74, 6) is -0.838. The van der Waals surface area contributed by atoms with Gasteiger partial charge in [-0.3, -0.25) is 4.79 Å². The Morgan fingerprint density at radius 1 is 0.952 bits per heavy atom. The van der Waals surface area contributed by atoms with Crippen LogP contribution in [0.4, 0.5) is 13.2 Å². The molecule has 21 heavy (non-hydrogen) atoms. The van der Waals surface area contributed by atoms with Crippen LogP contribution in [0.25, 0.3) is 0 Å². The van der Waals surface area contributed by atoms with Crippen LogP contribution in [0.1, 0.15) is 29.0 Å². The number of rotatable bonds is 4. The fraction of sp³-hybridized carbons (Fsp3) is 0.188. The van der Waals surface area contributed by atoms with Gasteiger partial charge in [0.15, 0.2) is 0 Å². The zero-order valence-electron chi connectivity index (χ0n) is 11.1. The van der Waals surface area contributed by atoms with Crippen LogP contribution in [0, 0.1) is 0 Å². The van der Waals surface area contributed by atoms with Gasteiger partial charge in [-0.1, -0.05) is 42.5 Å². The Hall–Kier alpha value is -2.30. The molecular weight excluding hydrogens is 279 g/mol. The van der Waals surface area contributed by atoms with E-state index in [4.69, 9.17) is 5.73 Å². The number of amides is 1. The SMILES string of the molecule is NC(=O)CC(c1ccccc1)c1ccc(C(F)(F)F)cc1. The highest BCUT2D eigenvalue weighted by atomic mass is 19.4. The van der Waals surface area contributed by atoms with E-state index < -0.39 is 17.6 Å². The normalized spacial score (nSPS) is 12.9. The molecule has 0 radical (unpaired) electrons. The smallest absolute Gasteiger partial charge is 0.370 e. The highest BCUT2D eigenvalue weighted by Crippen LogP contribution is 2.32. The first-order chi connectivity index (χ1) is 9.88. The van der Waals surface area contributed by atoms with Gasteiger partial charge in [0.05, 0.1) is 5.56 Å². The number of nitrogens with two attached hydrogens (primary N) is 1. The highest BCUT2D eigenvalue weighted by Gasteiger charge is 2.30. The number of hydrogen-bond acceptors (Lipinski definition) is 1. The summed E-state index contributed by atoms with van der Waals surface area (Å²) in [5, 5.41) is 0. The lowest BCUT2D eigenvalue weighted by molar-refractivity contribution is -0.137. The zero-order valence-corrected chi connectivity index (χ0v) is 11.1. The van der Waals surface area contributed by atoms with Gasteiger partial charge < -0.3 is 5.73 Å². The topological polar surface area (TPSA) is 43.1 Å². The van der Waals surface area contributed by atoms with Crippen LogP contribution in [0.5, 0.6) is 0 Å². The second kappa shape index (κ2) is 5.99. The van der Waals surface area contributed by atoms with Crippen LogP contribution in [0.2, 0.25) is 0 Å². The van der Waals surface area contributed by atoms with Gasteiger partial charge >= 0.3 is 6.18 Å². The molecule has 2 nitrogen and oxygen atoms in total. The summed E-state index contributed by atoms with van der Waals surface area (Å²) in [4.78, 5) is 11.2. The number of carbonyl (C=O) groups is 1. The Balaban J connectivity index is 2.36. The molecule has 2 rings (SSSR count). The van der Waals surface area contributed by atoms with Crippen molar-refractivity contribution in [2.75, 3.05) is 0 Å². The fourth-order valence-corrected chi connectivity index (χ4v) is 2.22. The van der Waals surface area contributed by atoms with Crippen LogP contribution in [0.15, 0.2) is 54.6 Å². The molecule has 0 aliphatic heterocycles. The summed E-state index contributed by atoms with van der Waals surface area (Å²) in [7, 11) is 0. The average Bonchev–Trinajstić information content (AvgIpc) is 2.45. The molecule has 5 heteroatoms. The minimum atomic E-state index is -4.37. The summed E-state index contributed by atoms with van der Waals surface area (Å²) in [6.45, 7) is 0. The molecule has 0 saturated heterocycles. The van der Waals surface area contributed by atoms with E-state index in [0.717, 1.165) is 17.7 Å². The Morgan fingerprint density at radius 3 is 1.95 bits per heavy atom. The summed E-state index contributed by atoms with van der Waals surface area (Å²) in [6.07, 6.45) is -4.32. The molecule has 0 heterocycles. The van der Waals surface area contributed by atoms with Crippen LogP contribution in [-0.2, 0) is 11.0 Å². The Morgan fingerprint density at radius 2 is 1.48 bits per heavy atom. The Labute approximate surface area is 120 Å². The molecule has 0 aromatic heterocycles. The maximum absolute atomic E-state index is 12.6. The minimum Gasteiger partial charge on any atom is -0.370 e. The molecule has 2 N–H and O–H groups in total. The fourth-order valence-electron chi connectivity index (χ4n) is 2.22. The van der Waals surface area contributed by atoms with E-state index in [0.29, 0.717) is 5.56 Å². The predicted molar refractivity (Wildman–Crippen MR) is 73.5 cm³/mol. The van der Waals surface area contributed by atoms with E-state index >= 15 is 0 Å². The largest absolute Gasteiger partial charge is 0.416 e. The quantitative estimate of drug-likeness (QED) is 0.917. The molecule has 2 aromatic carbocycles. The van der Waals surface area contributed by atoms with Crippen molar-refractivity contribution in [3.63, 3.8) is 0 Å². The van der Waals surface area contributed by atoms with E-state index in [1.54, 1.807) is 0 Å². The average molecular weight is 293 g/mol. The van der Waals surface area contributed by atoms with E-state index in [1.807, 2.05) is 30.3 Å². The lowest BCUT2D eigenvalue weighted by Gasteiger charge is -2.17. The number of alkyl halides is 3. The van der Waals surface area contributed by atoms with Gasteiger partial charge in [0, 0.05) is 12.3 Å². The monoisotopic (exact) mass is 293 g/mol. The third kappa shape index (κ3) is 3.84. The standard InChI is InChI=1S/C16H14F3NO/c17-16(18,19)13-8-6-12(7-9-13)14(10-15(20)21)11-4-2-1-3-5-11/h1-9,14H,10H2,(H2,20,21). The van der Waals surface area contributed by atoms with Crippen molar-refractivity contribution in [3.05, 3.63) is 71.3 Å². The molecule has 0 fully saturated rings. The second-order valence-electron chi connectivity index (χ2n) is 4.75. The van der Waals surface area contributed by atoms with Crippen molar-refractivity contribution in [1.29, 1.82) is 0 Å². The number of benzene rings is 2. The van der Waals surface area contributed by atoms with Gasteiger partial charge in [0.2, 0.25) is 5.91 Å². The van der Waals surface area contributed by atoms with Crippen molar-refractivity contribution >= 4 is 5.91 Å². The lowest BCUT2D eigenvalue weighted by atomic mass is 9.88. The summed E-state index contributed by atoms with van der Waals surface area (Å²) < 4.78 is 37.7. The van der Waals surface area contributed by atoms with Gasteiger partial charge in [-0.25, -0.2) is 0 Å². The molecule has 110 valence electrons. The molecule has 0 aliphatic carbocycles. The third-order valence-corrected chi connectivity index (χ3v) is 3.25. The van der Waals surface area contributed by atoms with Gasteiger partial charge in [0.1, 0.15) is 0 Å². The van der Waals surface area contributed by atoms with E-state index in [1.165, 1.54) is 12.1 Å². The van der Waals surface area contributed by atoms with Gasteiger partial charge in [-0.2, -0.15) is 13.2 Å².